The molecule has 0 aliphatic heterocycles. The van der Waals surface area contributed by atoms with Crippen molar-refractivity contribution in [2.75, 3.05) is 5.32 Å². The molecule has 2 aliphatic carbocycles. The molecule has 4 heteroatoms. The Balaban J connectivity index is 1.77. The number of anilines is 1. The van der Waals surface area contributed by atoms with Crippen molar-refractivity contribution in [3.8, 4) is 0 Å². The van der Waals surface area contributed by atoms with Gasteiger partial charge in [0.15, 0.2) is 0 Å². The summed E-state index contributed by atoms with van der Waals surface area (Å²) in [6.45, 7) is 3.67. The van der Waals surface area contributed by atoms with Crippen molar-refractivity contribution in [1.82, 2.24) is 0 Å². The van der Waals surface area contributed by atoms with E-state index in [-0.39, 0.29) is 22.8 Å². The number of amides is 1. The Bertz CT molecular complexity index is 615. The predicted octanol–water partition coefficient (Wildman–Crippen LogP) is 3.52. The first kappa shape index (κ1) is 14.1. The molecule has 3 rings (SSSR count). The number of rotatable bonds is 3. The van der Waals surface area contributed by atoms with Crippen molar-refractivity contribution in [3.05, 3.63) is 28.8 Å². The number of aromatic carboxylic acids is 1. The van der Waals surface area contributed by atoms with Gasteiger partial charge in [-0.25, -0.2) is 4.79 Å². The number of hydrogen-bond acceptors (Lipinski definition) is 2. The lowest BCUT2D eigenvalue weighted by Crippen LogP contribution is -2.18. The third-order valence-corrected chi connectivity index (χ3v) is 5.17. The highest BCUT2D eigenvalue weighted by Crippen LogP contribution is 2.63. The van der Waals surface area contributed by atoms with Gasteiger partial charge in [-0.1, -0.05) is 18.9 Å². The van der Waals surface area contributed by atoms with Gasteiger partial charge in [-0.2, -0.15) is 0 Å². The van der Waals surface area contributed by atoms with E-state index in [1.807, 2.05) is 13.0 Å². The fourth-order valence-electron chi connectivity index (χ4n) is 3.79. The summed E-state index contributed by atoms with van der Waals surface area (Å²) in [4.78, 5) is 23.6. The van der Waals surface area contributed by atoms with Gasteiger partial charge in [-0.3, -0.25) is 4.79 Å². The minimum absolute atomic E-state index is 0.0557. The maximum Gasteiger partial charge on any atom is 0.336 e. The van der Waals surface area contributed by atoms with Gasteiger partial charge in [0.2, 0.25) is 5.91 Å². The van der Waals surface area contributed by atoms with E-state index in [1.165, 1.54) is 25.7 Å². The molecule has 112 valence electrons. The van der Waals surface area contributed by atoms with Crippen LogP contribution in [0.3, 0.4) is 0 Å². The summed E-state index contributed by atoms with van der Waals surface area (Å²) in [5, 5.41) is 12.1. The Morgan fingerprint density at radius 2 is 1.86 bits per heavy atom. The summed E-state index contributed by atoms with van der Waals surface area (Å²) in [5.41, 5.74) is 2.77. The average molecular weight is 287 g/mol. The Hall–Kier alpha value is -1.84. The molecule has 0 bridgehead atoms. The van der Waals surface area contributed by atoms with E-state index in [0.717, 1.165) is 17.5 Å². The highest BCUT2D eigenvalue weighted by molar-refractivity contribution is 5.98. The van der Waals surface area contributed by atoms with Gasteiger partial charge in [0.1, 0.15) is 0 Å². The molecular formula is C17H21NO3. The summed E-state index contributed by atoms with van der Waals surface area (Å²) < 4.78 is 0. The van der Waals surface area contributed by atoms with Gasteiger partial charge < -0.3 is 10.4 Å². The van der Waals surface area contributed by atoms with E-state index in [0.29, 0.717) is 5.69 Å². The number of nitrogens with one attached hydrogen (secondary N) is 1. The molecule has 0 saturated heterocycles. The topological polar surface area (TPSA) is 66.4 Å². The van der Waals surface area contributed by atoms with E-state index < -0.39 is 5.97 Å². The van der Waals surface area contributed by atoms with E-state index >= 15 is 0 Å². The average Bonchev–Trinajstić information content (AvgIpc) is 2.90. The van der Waals surface area contributed by atoms with Gasteiger partial charge in [-0.05, 0) is 55.7 Å². The predicted molar refractivity (Wildman–Crippen MR) is 80.5 cm³/mol. The van der Waals surface area contributed by atoms with Crippen molar-refractivity contribution in [3.63, 3.8) is 0 Å². The normalized spacial score (nSPS) is 22.3. The van der Waals surface area contributed by atoms with E-state index in [9.17, 15) is 14.7 Å². The van der Waals surface area contributed by atoms with Gasteiger partial charge in [-0.15, -0.1) is 0 Å². The Morgan fingerprint density at radius 1 is 1.19 bits per heavy atom. The van der Waals surface area contributed by atoms with Crippen LogP contribution in [0.25, 0.3) is 0 Å². The lowest BCUT2D eigenvalue weighted by Gasteiger charge is -2.13. The maximum atomic E-state index is 12.4. The molecule has 2 fully saturated rings. The third-order valence-electron chi connectivity index (χ3n) is 5.17. The smallest absolute Gasteiger partial charge is 0.336 e. The molecule has 21 heavy (non-hydrogen) atoms. The zero-order chi connectivity index (χ0) is 15.2. The van der Waals surface area contributed by atoms with E-state index in [4.69, 9.17) is 0 Å². The van der Waals surface area contributed by atoms with Crippen LogP contribution in [-0.4, -0.2) is 17.0 Å². The van der Waals surface area contributed by atoms with Crippen LogP contribution in [0.2, 0.25) is 0 Å². The molecule has 0 radical (unpaired) electrons. The highest BCUT2D eigenvalue weighted by Gasteiger charge is 2.58. The van der Waals surface area contributed by atoms with Gasteiger partial charge in [0.05, 0.1) is 5.56 Å². The van der Waals surface area contributed by atoms with E-state index in [1.54, 1.807) is 13.0 Å². The quantitative estimate of drug-likeness (QED) is 0.893. The molecule has 1 atom stereocenters. The van der Waals surface area contributed by atoms with Crippen LogP contribution < -0.4 is 5.32 Å². The molecule has 1 aromatic rings. The van der Waals surface area contributed by atoms with Gasteiger partial charge in [0.25, 0.3) is 0 Å². The van der Waals surface area contributed by atoms with Crippen molar-refractivity contribution < 1.29 is 14.7 Å². The second-order valence-electron chi connectivity index (χ2n) is 6.60. The molecular weight excluding hydrogens is 266 g/mol. The zero-order valence-corrected chi connectivity index (χ0v) is 12.5. The molecule has 1 unspecified atom stereocenters. The minimum atomic E-state index is -0.957. The third kappa shape index (κ3) is 2.43. The monoisotopic (exact) mass is 287 g/mol. The molecule has 2 aliphatic rings. The first-order chi connectivity index (χ1) is 9.93. The van der Waals surface area contributed by atoms with Crippen LogP contribution in [0.5, 0.6) is 0 Å². The summed E-state index contributed by atoms with van der Waals surface area (Å²) in [6.07, 6.45) is 5.79. The van der Waals surface area contributed by atoms with E-state index in [2.05, 4.69) is 5.32 Å². The molecule has 1 aromatic carbocycles. The molecule has 2 N–H and O–H groups in total. The Labute approximate surface area is 124 Å². The molecule has 4 nitrogen and oxygen atoms in total. The van der Waals surface area contributed by atoms with Crippen molar-refractivity contribution in [2.24, 2.45) is 11.3 Å². The van der Waals surface area contributed by atoms with Crippen LogP contribution in [0.15, 0.2) is 12.1 Å². The molecule has 2 saturated carbocycles. The number of benzene rings is 1. The van der Waals surface area contributed by atoms with Crippen molar-refractivity contribution >= 4 is 17.6 Å². The largest absolute Gasteiger partial charge is 0.478 e. The summed E-state index contributed by atoms with van der Waals surface area (Å²) in [7, 11) is 0. The minimum Gasteiger partial charge on any atom is -0.478 e. The first-order valence-electron chi connectivity index (χ1n) is 7.58. The fraction of sp³-hybridized carbons (Fsp3) is 0.529. The second kappa shape index (κ2) is 4.86. The lowest BCUT2D eigenvalue weighted by molar-refractivity contribution is -0.118. The number of carbonyl (C=O) groups is 2. The van der Waals surface area contributed by atoms with Crippen molar-refractivity contribution in [2.45, 2.75) is 46.0 Å². The summed E-state index contributed by atoms with van der Waals surface area (Å²) in [6, 6.07) is 3.39. The van der Waals surface area contributed by atoms with Crippen molar-refractivity contribution in [1.29, 1.82) is 0 Å². The number of carboxylic acid groups (broad SMARTS) is 1. The Morgan fingerprint density at radius 3 is 2.48 bits per heavy atom. The standard InChI is InChI=1S/C17H21NO3/c1-10-7-11(2)14(8-12(10)16(20)21)18-15(19)13-9-17(13)5-3-4-6-17/h7-8,13H,3-6,9H2,1-2H3,(H,18,19)(H,20,21). The summed E-state index contributed by atoms with van der Waals surface area (Å²) >= 11 is 0. The van der Waals surface area contributed by atoms with Gasteiger partial charge >= 0.3 is 5.97 Å². The van der Waals surface area contributed by atoms with Crippen LogP contribution >= 0.6 is 0 Å². The molecule has 1 amide bonds. The fourth-order valence-corrected chi connectivity index (χ4v) is 3.79. The molecule has 0 heterocycles. The second-order valence-corrected chi connectivity index (χ2v) is 6.60. The van der Waals surface area contributed by atoms with Crippen LogP contribution in [0.4, 0.5) is 5.69 Å². The first-order valence-corrected chi connectivity index (χ1v) is 7.58. The number of hydrogen-bond donors (Lipinski definition) is 2. The van der Waals surface area contributed by atoms with Crippen LogP contribution in [-0.2, 0) is 4.79 Å². The molecule has 1 spiro atoms. The maximum absolute atomic E-state index is 12.4. The van der Waals surface area contributed by atoms with Crippen LogP contribution in [0.1, 0.15) is 53.6 Å². The Kier molecular flexibility index (Phi) is 3.27. The summed E-state index contributed by atoms with van der Waals surface area (Å²) in [5.74, 6) is -0.782. The number of aryl methyl sites for hydroxylation is 2. The lowest BCUT2D eigenvalue weighted by atomic mass is 10.0. The SMILES string of the molecule is Cc1cc(C)c(C(=O)O)cc1NC(=O)C1CC12CCCC2. The zero-order valence-electron chi connectivity index (χ0n) is 12.5. The molecule has 0 aromatic heterocycles. The number of carboxylic acids is 1. The number of carbonyl (C=O) groups excluding carboxylic acids is 1. The van der Waals surface area contributed by atoms with Gasteiger partial charge in [0, 0.05) is 11.6 Å². The van der Waals surface area contributed by atoms with Crippen LogP contribution in [0, 0.1) is 25.2 Å². The highest BCUT2D eigenvalue weighted by atomic mass is 16.4.